The number of carbonyl (C=O) groups is 1. The predicted molar refractivity (Wildman–Crippen MR) is 121 cm³/mol. The van der Waals surface area contributed by atoms with Crippen molar-refractivity contribution in [3.63, 3.8) is 0 Å². The third kappa shape index (κ3) is 4.66. The highest BCUT2D eigenvalue weighted by atomic mass is 35.5. The molecular formula is C23H25ClN6O. The topological polar surface area (TPSA) is 75.1 Å². The molecule has 2 aromatic heterocycles. The van der Waals surface area contributed by atoms with Gasteiger partial charge in [0.2, 0.25) is 5.95 Å². The van der Waals surface area contributed by atoms with Crippen molar-refractivity contribution in [1.29, 1.82) is 0 Å². The van der Waals surface area contributed by atoms with Crippen LogP contribution in [0.3, 0.4) is 0 Å². The van der Waals surface area contributed by atoms with Gasteiger partial charge in [-0.15, -0.1) is 0 Å². The quantitative estimate of drug-likeness (QED) is 0.615. The summed E-state index contributed by atoms with van der Waals surface area (Å²) in [6, 6.07) is 7.70. The zero-order chi connectivity index (χ0) is 22.0. The van der Waals surface area contributed by atoms with Crippen molar-refractivity contribution in [1.82, 2.24) is 24.8 Å². The van der Waals surface area contributed by atoms with Crippen molar-refractivity contribution in [2.75, 3.05) is 32.1 Å². The number of likely N-dealkylation sites (tertiary alicyclic amines) is 1. The molecule has 1 saturated heterocycles. The molecule has 1 atom stereocenters. The Labute approximate surface area is 187 Å². The maximum absolute atomic E-state index is 13.0. The Bertz CT molecular complexity index is 1070. The molecule has 4 rings (SSSR count). The van der Waals surface area contributed by atoms with E-state index in [4.69, 9.17) is 16.6 Å². The standard InChI is InChI=1S/C23H25ClN6O/c1-15-11-26-20(13-25-15)22(31)30-10-4-5-17(14-30)21-19(12-27-23(28-21)29(2)3)16-6-8-18(24)9-7-16/h6-9,11-13,17H,4-5,10,14H2,1-3H3/t17-/m1/s1. The lowest BCUT2D eigenvalue weighted by Gasteiger charge is -2.33. The summed E-state index contributed by atoms with van der Waals surface area (Å²) in [5.74, 6) is 0.663. The molecule has 1 aliphatic heterocycles. The Morgan fingerprint density at radius 1 is 1.10 bits per heavy atom. The summed E-state index contributed by atoms with van der Waals surface area (Å²) < 4.78 is 0. The largest absolute Gasteiger partial charge is 0.347 e. The lowest BCUT2D eigenvalue weighted by molar-refractivity contribution is 0.0699. The number of aromatic nitrogens is 4. The van der Waals surface area contributed by atoms with Crippen LogP contribution in [0.2, 0.25) is 5.02 Å². The Hall–Kier alpha value is -3.06. The highest BCUT2D eigenvalue weighted by molar-refractivity contribution is 6.30. The number of benzene rings is 1. The summed E-state index contributed by atoms with van der Waals surface area (Å²) in [7, 11) is 3.85. The Morgan fingerprint density at radius 3 is 2.55 bits per heavy atom. The fourth-order valence-electron chi connectivity index (χ4n) is 3.81. The van der Waals surface area contributed by atoms with Crippen LogP contribution in [-0.2, 0) is 0 Å². The van der Waals surface area contributed by atoms with Crippen molar-refractivity contribution in [3.8, 4) is 11.1 Å². The number of rotatable bonds is 4. The first-order chi connectivity index (χ1) is 14.9. The Morgan fingerprint density at radius 2 is 1.87 bits per heavy atom. The number of carbonyl (C=O) groups excluding carboxylic acids is 1. The van der Waals surface area contributed by atoms with Gasteiger partial charge in [0, 0.05) is 56.1 Å². The van der Waals surface area contributed by atoms with Gasteiger partial charge in [0.05, 0.1) is 17.6 Å². The summed E-state index contributed by atoms with van der Waals surface area (Å²) in [5.41, 5.74) is 4.10. The number of piperidine rings is 1. The summed E-state index contributed by atoms with van der Waals surface area (Å²) in [5, 5.41) is 0.685. The van der Waals surface area contributed by atoms with Crippen LogP contribution in [0.5, 0.6) is 0 Å². The fraction of sp³-hybridized carbons (Fsp3) is 0.348. The number of hydrogen-bond acceptors (Lipinski definition) is 6. The number of nitrogens with zero attached hydrogens (tertiary/aromatic N) is 6. The number of halogens is 1. The summed E-state index contributed by atoms with van der Waals surface area (Å²) in [4.78, 5) is 34.7. The third-order valence-corrected chi connectivity index (χ3v) is 5.71. The number of amides is 1. The molecule has 0 aliphatic carbocycles. The zero-order valence-electron chi connectivity index (χ0n) is 17.9. The zero-order valence-corrected chi connectivity index (χ0v) is 18.7. The highest BCUT2D eigenvalue weighted by Gasteiger charge is 2.29. The first-order valence-electron chi connectivity index (χ1n) is 10.3. The molecule has 0 N–H and O–H groups in total. The molecular weight excluding hydrogens is 412 g/mol. The van der Waals surface area contributed by atoms with Crippen LogP contribution >= 0.6 is 11.6 Å². The minimum atomic E-state index is -0.0906. The molecule has 1 fully saturated rings. The lowest BCUT2D eigenvalue weighted by atomic mass is 9.90. The van der Waals surface area contributed by atoms with Crippen molar-refractivity contribution in [3.05, 3.63) is 65.0 Å². The van der Waals surface area contributed by atoms with E-state index in [1.807, 2.05) is 61.3 Å². The van der Waals surface area contributed by atoms with Gasteiger partial charge in [-0.25, -0.2) is 15.0 Å². The maximum atomic E-state index is 13.0. The number of aryl methyl sites for hydroxylation is 1. The monoisotopic (exact) mass is 436 g/mol. The van der Waals surface area contributed by atoms with Crippen LogP contribution in [0.15, 0.2) is 42.9 Å². The van der Waals surface area contributed by atoms with Gasteiger partial charge in [-0.1, -0.05) is 23.7 Å². The predicted octanol–water partition coefficient (Wildman–Crippen LogP) is 3.98. The molecule has 3 heterocycles. The molecule has 1 aromatic carbocycles. The molecule has 1 aliphatic rings. The molecule has 31 heavy (non-hydrogen) atoms. The van der Waals surface area contributed by atoms with E-state index >= 15 is 0 Å². The first-order valence-corrected chi connectivity index (χ1v) is 10.7. The van der Waals surface area contributed by atoms with E-state index in [9.17, 15) is 4.79 Å². The van der Waals surface area contributed by atoms with Crippen LogP contribution in [0.25, 0.3) is 11.1 Å². The second-order valence-electron chi connectivity index (χ2n) is 8.00. The SMILES string of the molecule is Cc1cnc(C(=O)N2CCC[C@@H](c3nc(N(C)C)ncc3-c3ccc(Cl)cc3)C2)cn1. The molecule has 3 aromatic rings. The molecule has 0 bridgehead atoms. The number of hydrogen-bond donors (Lipinski definition) is 0. The molecule has 0 unspecified atom stereocenters. The van der Waals surface area contributed by atoms with Gasteiger partial charge >= 0.3 is 0 Å². The van der Waals surface area contributed by atoms with Gasteiger partial charge in [0.15, 0.2) is 0 Å². The average Bonchev–Trinajstić information content (AvgIpc) is 2.79. The van der Waals surface area contributed by atoms with Gasteiger partial charge in [0.1, 0.15) is 5.69 Å². The van der Waals surface area contributed by atoms with Crippen LogP contribution < -0.4 is 4.90 Å². The van der Waals surface area contributed by atoms with Crippen LogP contribution in [0.1, 0.15) is 40.6 Å². The van der Waals surface area contributed by atoms with Crippen molar-refractivity contribution in [2.24, 2.45) is 0 Å². The van der Waals surface area contributed by atoms with Crippen molar-refractivity contribution >= 4 is 23.5 Å². The van der Waals surface area contributed by atoms with Gasteiger partial charge in [-0.3, -0.25) is 9.78 Å². The van der Waals surface area contributed by atoms with Gasteiger partial charge in [-0.05, 0) is 37.5 Å². The van der Waals surface area contributed by atoms with Gasteiger partial charge in [-0.2, -0.15) is 0 Å². The fourth-order valence-corrected chi connectivity index (χ4v) is 3.94. The first kappa shape index (κ1) is 21.2. The van der Waals surface area contributed by atoms with E-state index in [2.05, 4.69) is 15.0 Å². The smallest absolute Gasteiger partial charge is 0.274 e. The van der Waals surface area contributed by atoms with Crippen LogP contribution in [-0.4, -0.2) is 57.9 Å². The molecule has 0 radical (unpaired) electrons. The number of anilines is 1. The maximum Gasteiger partial charge on any atom is 0.274 e. The normalized spacial score (nSPS) is 16.3. The van der Waals surface area contributed by atoms with E-state index in [0.717, 1.165) is 35.4 Å². The third-order valence-electron chi connectivity index (χ3n) is 5.46. The summed E-state index contributed by atoms with van der Waals surface area (Å²) in [6.45, 7) is 3.14. The molecule has 1 amide bonds. The lowest BCUT2D eigenvalue weighted by Crippen LogP contribution is -2.40. The minimum Gasteiger partial charge on any atom is -0.347 e. The molecule has 7 nitrogen and oxygen atoms in total. The second kappa shape index (κ2) is 8.98. The molecule has 0 spiro atoms. The molecule has 0 saturated carbocycles. The van der Waals surface area contributed by atoms with Crippen LogP contribution in [0, 0.1) is 6.92 Å². The van der Waals surface area contributed by atoms with E-state index in [-0.39, 0.29) is 11.8 Å². The second-order valence-corrected chi connectivity index (χ2v) is 8.44. The van der Waals surface area contributed by atoms with E-state index in [1.165, 1.54) is 0 Å². The van der Waals surface area contributed by atoms with Gasteiger partial charge < -0.3 is 9.80 Å². The van der Waals surface area contributed by atoms with E-state index in [0.29, 0.717) is 29.8 Å². The van der Waals surface area contributed by atoms with E-state index in [1.54, 1.807) is 12.4 Å². The van der Waals surface area contributed by atoms with Crippen LogP contribution in [0.4, 0.5) is 5.95 Å². The van der Waals surface area contributed by atoms with Crippen molar-refractivity contribution in [2.45, 2.75) is 25.7 Å². The van der Waals surface area contributed by atoms with E-state index < -0.39 is 0 Å². The average molecular weight is 437 g/mol. The molecule has 160 valence electrons. The van der Waals surface area contributed by atoms with Gasteiger partial charge in [0.25, 0.3) is 5.91 Å². The van der Waals surface area contributed by atoms with Crippen molar-refractivity contribution < 1.29 is 4.79 Å². The highest BCUT2D eigenvalue weighted by Crippen LogP contribution is 2.34. The summed E-state index contributed by atoms with van der Waals surface area (Å²) in [6.07, 6.45) is 6.90. The molecule has 8 heteroatoms. The Balaban J connectivity index is 1.66. The Kier molecular flexibility index (Phi) is 6.13. The summed E-state index contributed by atoms with van der Waals surface area (Å²) >= 11 is 6.08. The minimum absolute atomic E-state index is 0.0906.